The Kier molecular flexibility index (Phi) is 15.0. The fourth-order valence-corrected chi connectivity index (χ4v) is 0. The van der Waals surface area contributed by atoms with Gasteiger partial charge in [-0.25, -0.2) is 12.6 Å². The van der Waals surface area contributed by atoms with Crippen molar-refractivity contribution in [2.45, 2.75) is 0 Å². The Morgan fingerprint density at radius 1 is 1.08 bits per heavy atom. The fraction of sp³-hybridized carbons (Fsp3) is 0. The zero-order chi connectivity index (χ0) is 9.65. The molecule has 0 heterocycles. The maximum absolute atomic E-state index is 9.23. The first-order valence-corrected chi connectivity index (χ1v) is 5.64. The Balaban J connectivity index is -0.000000142. The van der Waals surface area contributed by atoms with E-state index in [1.807, 2.05) is 0 Å². The van der Waals surface area contributed by atoms with Gasteiger partial charge in [-0.3, -0.25) is 13.7 Å². The van der Waals surface area contributed by atoms with Crippen LogP contribution in [0.25, 0.3) is 0 Å². The van der Waals surface area contributed by atoms with E-state index in [4.69, 9.17) is 17.9 Å². The van der Waals surface area contributed by atoms with Gasteiger partial charge in [-0.05, 0) is 0 Å². The normalized spacial score (nSPS) is 12.4. The minimum absolute atomic E-state index is 0. The average Bonchev–Trinajstić information content (AvgIpc) is 1.59. The summed E-state index contributed by atoms with van der Waals surface area (Å²) < 4.78 is 67.2. The first kappa shape index (κ1) is 19.3. The summed E-state index contributed by atoms with van der Waals surface area (Å²) in [5.74, 6) is 0. The third kappa shape index (κ3) is 22.6. The molecule has 0 aromatic carbocycles. The molecule has 0 amide bonds. The van der Waals surface area contributed by atoms with Gasteiger partial charge in [0, 0.05) is 0 Å². The zero-order valence-electron chi connectivity index (χ0n) is 5.61. The van der Waals surface area contributed by atoms with E-state index in [9.17, 15) is 17.2 Å². The molecular weight excluding hydrogens is 263 g/mol. The van der Waals surface area contributed by atoms with Crippen molar-refractivity contribution in [1.82, 2.24) is 0 Å². The topological polar surface area (TPSA) is 152 Å². The molecule has 0 saturated heterocycles. The third-order valence-electron chi connectivity index (χ3n) is 0.175. The van der Waals surface area contributed by atoms with Crippen LogP contribution in [0.4, 0.5) is 0 Å². The molecule has 0 spiro atoms. The predicted molar refractivity (Wildman–Crippen MR) is 33.9 cm³/mol. The van der Waals surface area contributed by atoms with Crippen molar-refractivity contribution in [3.05, 3.63) is 0 Å². The smallest absolute Gasteiger partial charge is 0.736 e. The Morgan fingerprint density at radius 3 is 1.17 bits per heavy atom. The van der Waals surface area contributed by atoms with Crippen molar-refractivity contribution in [2.24, 2.45) is 0 Å². The Labute approximate surface area is 115 Å². The van der Waals surface area contributed by atoms with E-state index < -0.39 is 30.6 Å². The van der Waals surface area contributed by atoms with Crippen molar-refractivity contribution in [1.29, 1.82) is 0 Å². The summed E-state index contributed by atoms with van der Waals surface area (Å²) in [5.41, 5.74) is 0. The van der Waals surface area contributed by atoms with Crippen LogP contribution in [0.5, 0.6) is 0 Å². The second-order valence-corrected chi connectivity index (χ2v) is 4.65. The van der Waals surface area contributed by atoms with Crippen LogP contribution in [-0.4, -0.2) is 35.0 Å². The summed E-state index contributed by atoms with van der Waals surface area (Å²) in [6.07, 6.45) is 0. The minimum Gasteiger partial charge on any atom is -0.736 e. The van der Waals surface area contributed by atoms with Crippen molar-refractivity contribution in [3.8, 4) is 0 Å². The van der Waals surface area contributed by atoms with E-state index in [1.54, 1.807) is 0 Å². The molecule has 12 heteroatoms. The molecule has 3 N–H and O–H groups in total. The summed E-state index contributed by atoms with van der Waals surface area (Å²) in [6, 6.07) is 0. The SMILES string of the molecule is O=S(O)O.O=S(O)S(=O)(=O)[O-].[K+]. The molecule has 70 valence electrons. The zero-order valence-corrected chi connectivity index (χ0v) is 11.2. The van der Waals surface area contributed by atoms with Crippen LogP contribution in [-0.2, 0) is 30.6 Å². The van der Waals surface area contributed by atoms with Gasteiger partial charge in [0.1, 0.15) is 0 Å². The van der Waals surface area contributed by atoms with Crippen LogP contribution in [0.15, 0.2) is 0 Å². The fourth-order valence-electron chi connectivity index (χ4n) is 0. The van der Waals surface area contributed by atoms with E-state index in [2.05, 4.69) is 0 Å². The first-order chi connectivity index (χ1) is 4.68. The van der Waals surface area contributed by atoms with Crippen LogP contribution >= 0.6 is 0 Å². The van der Waals surface area contributed by atoms with E-state index in [0.29, 0.717) is 0 Å². The van der Waals surface area contributed by atoms with Crippen LogP contribution in [0.1, 0.15) is 0 Å². The molecule has 12 heavy (non-hydrogen) atoms. The molecule has 0 aliphatic rings. The maximum atomic E-state index is 9.23. The van der Waals surface area contributed by atoms with Gasteiger partial charge in [0.25, 0.3) is 21.5 Å². The number of rotatable bonds is 1. The molecule has 0 bridgehead atoms. The summed E-state index contributed by atoms with van der Waals surface area (Å²) in [6.45, 7) is 0. The van der Waals surface area contributed by atoms with E-state index in [-0.39, 0.29) is 51.4 Å². The van der Waals surface area contributed by atoms with Gasteiger partial charge in [-0.2, -0.15) is 4.21 Å². The van der Waals surface area contributed by atoms with E-state index in [0.717, 1.165) is 0 Å². The van der Waals surface area contributed by atoms with Crippen molar-refractivity contribution in [2.75, 3.05) is 0 Å². The third-order valence-corrected chi connectivity index (χ3v) is 1.57. The molecule has 0 saturated carbocycles. The molecule has 0 fully saturated rings. The Bertz CT molecular complexity index is 233. The van der Waals surface area contributed by atoms with Crippen LogP contribution in [0, 0.1) is 0 Å². The summed E-state index contributed by atoms with van der Waals surface area (Å²) >= 11 is -2.61. The van der Waals surface area contributed by atoms with Crippen molar-refractivity contribution in [3.63, 3.8) is 0 Å². The maximum Gasteiger partial charge on any atom is 1.00 e. The summed E-state index contributed by atoms with van der Waals surface area (Å²) in [5, 5.41) is 0. The van der Waals surface area contributed by atoms with Gasteiger partial charge >= 0.3 is 51.4 Å². The van der Waals surface area contributed by atoms with E-state index >= 15 is 0 Å². The molecule has 0 radical (unpaired) electrons. The van der Waals surface area contributed by atoms with Crippen LogP contribution < -0.4 is 51.4 Å². The second-order valence-electron chi connectivity index (χ2n) is 0.856. The predicted octanol–water partition coefficient (Wildman–Crippen LogP) is -4.65. The van der Waals surface area contributed by atoms with Crippen LogP contribution in [0.2, 0.25) is 0 Å². The quantitative estimate of drug-likeness (QED) is 0.185. The second kappa shape index (κ2) is 9.29. The Hall–Kier alpha value is 1.73. The molecule has 1 atom stereocenters. The molecule has 0 rings (SSSR count). The summed E-state index contributed by atoms with van der Waals surface area (Å²) in [7, 11) is -8.23. The molecule has 0 aromatic heterocycles. The first-order valence-electron chi connectivity index (χ1n) is 1.55. The number of hydrogen-bond acceptors (Lipinski definition) is 5. The largest absolute Gasteiger partial charge is 1.00 e. The van der Waals surface area contributed by atoms with Gasteiger partial charge in [0.15, 0.2) is 0 Å². The number of hydrogen-bond donors (Lipinski definition) is 3. The van der Waals surface area contributed by atoms with Gasteiger partial charge in [-0.15, -0.1) is 0 Å². The molecular formula is H3KO8S3. The molecule has 0 aromatic rings. The molecule has 0 aliphatic heterocycles. The van der Waals surface area contributed by atoms with Crippen LogP contribution in [0.3, 0.4) is 0 Å². The van der Waals surface area contributed by atoms with Gasteiger partial charge < -0.3 is 4.55 Å². The van der Waals surface area contributed by atoms with Crippen molar-refractivity contribution < 1.29 is 86.4 Å². The van der Waals surface area contributed by atoms with Gasteiger partial charge in [0.2, 0.25) is 9.15 Å². The minimum atomic E-state index is -4.96. The Morgan fingerprint density at radius 2 is 1.17 bits per heavy atom. The molecule has 0 aliphatic carbocycles. The summed E-state index contributed by atoms with van der Waals surface area (Å²) in [4.78, 5) is 0. The van der Waals surface area contributed by atoms with Gasteiger partial charge in [0.05, 0.1) is 0 Å². The standard InChI is InChI=1S/K.H2O5S2.H2O3S/c;1-6(2)7(3,4)5;1-4(2)3/h;(H,1,2)(H,3,4,5);(H2,1,2,3)/q+1;;/p-1. The van der Waals surface area contributed by atoms with E-state index in [1.165, 1.54) is 0 Å². The monoisotopic (exact) mass is 266 g/mol. The van der Waals surface area contributed by atoms with Crippen molar-refractivity contribution >= 4 is 30.6 Å². The molecule has 1 unspecified atom stereocenters. The van der Waals surface area contributed by atoms with Gasteiger partial charge in [-0.1, -0.05) is 0 Å². The molecule has 8 nitrogen and oxygen atoms in total. The average molecular weight is 266 g/mol.